The second-order valence-electron chi connectivity index (χ2n) is 10.0. The van der Waals surface area contributed by atoms with Gasteiger partial charge in [-0.15, -0.1) is 5.10 Å². The summed E-state index contributed by atoms with van der Waals surface area (Å²) in [5.74, 6) is 1.22. The third-order valence-electron chi connectivity index (χ3n) is 6.82. The van der Waals surface area contributed by atoms with Gasteiger partial charge >= 0.3 is 0 Å². The molecule has 0 fully saturated rings. The first-order valence-corrected chi connectivity index (χ1v) is 13.0. The molecule has 5 rings (SSSR count). The van der Waals surface area contributed by atoms with Crippen molar-refractivity contribution in [3.8, 4) is 23.0 Å². The first-order chi connectivity index (χ1) is 18.2. The molecule has 0 unspecified atom stereocenters. The molecule has 5 heterocycles. The van der Waals surface area contributed by atoms with Gasteiger partial charge in [-0.2, -0.15) is 5.10 Å². The maximum Gasteiger partial charge on any atom is 0.240 e. The Morgan fingerprint density at radius 2 is 1.97 bits per heavy atom. The zero-order chi connectivity index (χ0) is 27.1. The van der Waals surface area contributed by atoms with Gasteiger partial charge in [0.25, 0.3) is 0 Å². The topological polar surface area (TPSA) is 108 Å². The predicted molar refractivity (Wildman–Crippen MR) is 145 cm³/mol. The van der Waals surface area contributed by atoms with Crippen LogP contribution >= 0.6 is 0 Å². The number of aliphatic hydroxyl groups is 1. The van der Waals surface area contributed by atoms with Crippen LogP contribution < -0.4 is 9.47 Å². The largest absolute Gasteiger partial charge is 0.476 e. The number of hydrogen-bond acceptors (Lipinski definition) is 8. The van der Waals surface area contributed by atoms with E-state index in [9.17, 15) is 5.11 Å². The number of aliphatic hydroxyl groups excluding tert-OH is 1. The summed E-state index contributed by atoms with van der Waals surface area (Å²) in [5, 5.41) is 19.4. The van der Waals surface area contributed by atoms with Gasteiger partial charge in [0.05, 0.1) is 65.0 Å². The van der Waals surface area contributed by atoms with Crippen molar-refractivity contribution in [1.82, 2.24) is 38.8 Å². The van der Waals surface area contributed by atoms with Crippen molar-refractivity contribution in [2.24, 2.45) is 7.05 Å². The molecule has 1 aliphatic rings. The van der Waals surface area contributed by atoms with Crippen LogP contribution in [0.2, 0.25) is 0 Å². The van der Waals surface area contributed by atoms with Crippen molar-refractivity contribution in [1.29, 1.82) is 0 Å². The summed E-state index contributed by atoms with van der Waals surface area (Å²) in [6.45, 7) is 11.6. The number of aryl methyl sites for hydroxylation is 3. The van der Waals surface area contributed by atoms with Crippen LogP contribution in [0.4, 0.5) is 0 Å². The minimum Gasteiger partial charge on any atom is -0.476 e. The van der Waals surface area contributed by atoms with Crippen LogP contribution in [0, 0.1) is 13.8 Å². The Kier molecular flexibility index (Phi) is 6.97. The number of nitrogens with zero attached hydrogens (tertiary/aromatic N) is 8. The third-order valence-corrected chi connectivity index (χ3v) is 6.82. The maximum absolute atomic E-state index is 9.96. The molecule has 2 bridgehead atoms. The number of aromatic nitrogens is 7. The van der Waals surface area contributed by atoms with E-state index >= 15 is 0 Å². The van der Waals surface area contributed by atoms with Crippen molar-refractivity contribution in [3.05, 3.63) is 40.7 Å². The van der Waals surface area contributed by atoms with Gasteiger partial charge in [-0.1, -0.05) is 0 Å². The van der Waals surface area contributed by atoms with Gasteiger partial charge in [-0.25, -0.2) is 14.6 Å². The molecule has 0 saturated heterocycles. The SMILES string of the molecule is CCOc1nn([C@@H](C)CO)c2c1/C=C/c1cnc3c(C)nc(cn13)-c1c(C)nn(C)c1O[C@@H](C)CN(C)C2. The molecule has 4 aromatic heterocycles. The molecule has 0 aromatic carbocycles. The van der Waals surface area contributed by atoms with Crippen molar-refractivity contribution in [2.75, 3.05) is 26.8 Å². The lowest BCUT2D eigenvalue weighted by Gasteiger charge is -2.24. The first kappa shape index (κ1) is 25.9. The Hall–Kier alpha value is -3.70. The summed E-state index contributed by atoms with van der Waals surface area (Å²) in [7, 11) is 3.94. The molecule has 0 spiro atoms. The number of hydrogen-bond donors (Lipinski definition) is 1. The average Bonchev–Trinajstić information content (AvgIpc) is 3.51. The second-order valence-corrected chi connectivity index (χ2v) is 10.0. The molecule has 4 aromatic rings. The monoisotopic (exact) mass is 520 g/mol. The van der Waals surface area contributed by atoms with Crippen LogP contribution in [0.5, 0.6) is 11.8 Å². The number of fused-ring (bicyclic) bond motifs is 4. The summed E-state index contributed by atoms with van der Waals surface area (Å²) in [5.41, 5.74) is 6.83. The minimum absolute atomic E-state index is 0.0302. The lowest BCUT2D eigenvalue weighted by Crippen LogP contribution is -2.32. The molecule has 11 nitrogen and oxygen atoms in total. The quantitative estimate of drug-likeness (QED) is 0.437. The molecule has 2 atom stereocenters. The standard InChI is InChI=1S/C27H36N8O3/c1-8-37-26-21-10-9-20-11-28-25-19(5)29-22(13-34(20)25)24-18(4)30-33(7)27(24)38-17(3)12-32(6)14-23(21)35(31-26)16(2)15-36/h9-11,13,16-17,36H,8,12,14-15H2,1-7H3/b10-9+/t16-,17-/m0/s1. The molecule has 1 aliphatic heterocycles. The zero-order valence-corrected chi connectivity index (χ0v) is 23.1. The van der Waals surface area contributed by atoms with E-state index in [1.165, 1.54) is 0 Å². The second kappa shape index (κ2) is 10.2. The first-order valence-electron chi connectivity index (χ1n) is 13.0. The molecular formula is C27H36N8O3. The molecule has 0 aliphatic carbocycles. The summed E-state index contributed by atoms with van der Waals surface area (Å²) < 4.78 is 18.1. The van der Waals surface area contributed by atoms with E-state index in [1.54, 1.807) is 4.68 Å². The molecule has 0 amide bonds. The highest BCUT2D eigenvalue weighted by Gasteiger charge is 2.25. The molecule has 0 radical (unpaired) electrons. The summed E-state index contributed by atoms with van der Waals surface area (Å²) in [6.07, 6.45) is 7.75. The molecule has 38 heavy (non-hydrogen) atoms. The molecule has 11 heteroatoms. The Bertz CT molecular complexity index is 1500. The van der Waals surface area contributed by atoms with Gasteiger partial charge in [0.2, 0.25) is 11.8 Å². The Balaban J connectivity index is 1.75. The fourth-order valence-corrected chi connectivity index (χ4v) is 5.10. The van der Waals surface area contributed by atoms with E-state index in [0.717, 1.165) is 45.2 Å². The third kappa shape index (κ3) is 4.56. The molecule has 202 valence electrons. The molecule has 0 saturated carbocycles. The van der Waals surface area contributed by atoms with Gasteiger partial charge in [0, 0.05) is 26.3 Å². The van der Waals surface area contributed by atoms with Crippen LogP contribution in [0.1, 0.15) is 55.2 Å². The lowest BCUT2D eigenvalue weighted by molar-refractivity contribution is 0.145. The average molecular weight is 521 g/mol. The van der Waals surface area contributed by atoms with Gasteiger partial charge in [-0.05, 0) is 53.8 Å². The van der Waals surface area contributed by atoms with Crippen LogP contribution in [0.25, 0.3) is 29.1 Å². The Morgan fingerprint density at radius 3 is 2.71 bits per heavy atom. The predicted octanol–water partition coefficient (Wildman–Crippen LogP) is 3.28. The van der Waals surface area contributed by atoms with Crippen molar-refractivity contribution < 1.29 is 14.6 Å². The van der Waals surface area contributed by atoms with Crippen LogP contribution in [-0.2, 0) is 13.6 Å². The van der Waals surface area contributed by atoms with Crippen molar-refractivity contribution in [2.45, 2.75) is 53.3 Å². The number of ether oxygens (including phenoxy) is 2. The number of rotatable bonds is 4. The Labute approximate surface area is 222 Å². The van der Waals surface area contributed by atoms with Gasteiger partial charge in [0.15, 0.2) is 5.65 Å². The zero-order valence-electron chi connectivity index (χ0n) is 23.1. The fraction of sp³-hybridized carbons (Fsp3) is 0.481. The highest BCUT2D eigenvalue weighted by molar-refractivity contribution is 5.74. The highest BCUT2D eigenvalue weighted by Crippen LogP contribution is 2.34. The van der Waals surface area contributed by atoms with E-state index in [-0.39, 0.29) is 18.8 Å². The van der Waals surface area contributed by atoms with Crippen LogP contribution in [0.3, 0.4) is 0 Å². The summed E-state index contributed by atoms with van der Waals surface area (Å²) >= 11 is 0. The molecular weight excluding hydrogens is 484 g/mol. The Morgan fingerprint density at radius 1 is 1.18 bits per heavy atom. The van der Waals surface area contributed by atoms with Gasteiger partial charge in [0.1, 0.15) is 6.10 Å². The normalized spacial score (nSPS) is 17.9. The van der Waals surface area contributed by atoms with Gasteiger partial charge < -0.3 is 14.6 Å². The van der Waals surface area contributed by atoms with E-state index in [0.29, 0.717) is 31.5 Å². The highest BCUT2D eigenvalue weighted by atomic mass is 16.5. The minimum atomic E-state index is -0.206. The lowest BCUT2D eigenvalue weighted by atomic mass is 10.1. The molecule has 1 N–H and O–H groups in total. The number of imidazole rings is 1. The van der Waals surface area contributed by atoms with Gasteiger partial charge in [-0.3, -0.25) is 14.0 Å². The van der Waals surface area contributed by atoms with Crippen molar-refractivity contribution >= 4 is 17.8 Å². The van der Waals surface area contributed by atoms with E-state index in [1.807, 2.05) is 68.4 Å². The van der Waals surface area contributed by atoms with Crippen LogP contribution in [0.15, 0.2) is 12.4 Å². The summed E-state index contributed by atoms with van der Waals surface area (Å²) in [6, 6.07) is -0.206. The maximum atomic E-state index is 9.96. The van der Waals surface area contributed by atoms with Crippen molar-refractivity contribution in [3.63, 3.8) is 0 Å². The number of likely N-dealkylation sites (N-methyl/N-ethyl adjacent to an activating group) is 1. The van der Waals surface area contributed by atoms with E-state index in [4.69, 9.17) is 19.6 Å². The summed E-state index contributed by atoms with van der Waals surface area (Å²) in [4.78, 5) is 11.7. The smallest absolute Gasteiger partial charge is 0.240 e. The van der Waals surface area contributed by atoms with E-state index < -0.39 is 0 Å². The fourth-order valence-electron chi connectivity index (χ4n) is 5.10. The van der Waals surface area contributed by atoms with E-state index in [2.05, 4.69) is 29.0 Å². The van der Waals surface area contributed by atoms with Crippen LogP contribution in [-0.4, -0.2) is 76.8 Å².